The van der Waals surface area contributed by atoms with Crippen LogP contribution in [0.15, 0.2) is 33.6 Å². The summed E-state index contributed by atoms with van der Waals surface area (Å²) in [4.78, 5) is 0.256. The molecule has 1 aliphatic rings. The van der Waals surface area contributed by atoms with Crippen LogP contribution >= 0.6 is 27.5 Å². The molecule has 6 heteroatoms. The van der Waals surface area contributed by atoms with Gasteiger partial charge in [0.2, 0.25) is 10.0 Å². The monoisotopic (exact) mass is 323 g/mol. The largest absolute Gasteiger partial charge is 0.242 e. The van der Waals surface area contributed by atoms with Gasteiger partial charge in [0.25, 0.3) is 0 Å². The van der Waals surface area contributed by atoms with E-state index in [0.29, 0.717) is 10.4 Å². The van der Waals surface area contributed by atoms with Crippen molar-refractivity contribution in [2.24, 2.45) is 0 Å². The highest BCUT2D eigenvalue weighted by Crippen LogP contribution is 2.38. The summed E-state index contributed by atoms with van der Waals surface area (Å²) in [5.74, 6) is 0.316. The molecule has 0 bridgehead atoms. The van der Waals surface area contributed by atoms with E-state index in [1.54, 1.807) is 24.3 Å². The zero-order chi connectivity index (χ0) is 11.8. The Labute approximate surface area is 108 Å². The molecular weight excluding hydrogens is 314 g/mol. The van der Waals surface area contributed by atoms with E-state index in [-0.39, 0.29) is 4.90 Å². The lowest BCUT2D eigenvalue weighted by atomic mass is 10.4. The number of rotatable bonds is 4. The maximum Gasteiger partial charge on any atom is 0.242 e. The van der Waals surface area contributed by atoms with Crippen molar-refractivity contribution in [1.82, 2.24) is 4.72 Å². The van der Waals surface area contributed by atoms with E-state index in [2.05, 4.69) is 20.7 Å². The minimum absolute atomic E-state index is 0.256. The molecule has 1 fully saturated rings. The third-order valence-corrected chi connectivity index (χ3v) is 5.69. The Kier molecular flexibility index (Phi) is 3.32. The maximum absolute atomic E-state index is 12.1. The number of benzene rings is 1. The Hall–Kier alpha value is -0.100. The predicted molar refractivity (Wildman–Crippen MR) is 67.1 cm³/mol. The molecule has 0 aromatic heterocycles. The van der Waals surface area contributed by atoms with Gasteiger partial charge in [0.05, 0.1) is 4.90 Å². The molecule has 0 unspecified atom stereocenters. The van der Waals surface area contributed by atoms with E-state index in [9.17, 15) is 8.42 Å². The smallest absolute Gasteiger partial charge is 0.207 e. The van der Waals surface area contributed by atoms with Gasteiger partial charge in [-0.15, -0.1) is 11.6 Å². The molecule has 0 spiro atoms. The van der Waals surface area contributed by atoms with Crippen LogP contribution in [0.5, 0.6) is 0 Å². The Balaban J connectivity index is 2.30. The highest BCUT2D eigenvalue weighted by Gasteiger charge is 2.45. The van der Waals surface area contributed by atoms with Crippen LogP contribution in [0, 0.1) is 0 Å². The fourth-order valence-corrected chi connectivity index (χ4v) is 4.29. The van der Waals surface area contributed by atoms with Gasteiger partial charge in [-0.3, -0.25) is 0 Å². The molecule has 0 amide bonds. The number of sulfonamides is 1. The normalized spacial score (nSPS) is 18.4. The number of hydrogen-bond donors (Lipinski definition) is 1. The van der Waals surface area contributed by atoms with E-state index in [4.69, 9.17) is 11.6 Å². The molecule has 0 aliphatic heterocycles. The zero-order valence-corrected chi connectivity index (χ0v) is 11.6. The summed E-state index contributed by atoms with van der Waals surface area (Å²) in [7, 11) is -3.48. The van der Waals surface area contributed by atoms with Crippen molar-refractivity contribution in [2.45, 2.75) is 23.3 Å². The van der Waals surface area contributed by atoms with Crippen molar-refractivity contribution in [3.05, 3.63) is 28.7 Å². The summed E-state index contributed by atoms with van der Waals surface area (Å²) in [5, 5.41) is 0. The molecule has 0 heterocycles. The van der Waals surface area contributed by atoms with E-state index >= 15 is 0 Å². The summed E-state index contributed by atoms with van der Waals surface area (Å²) in [6.07, 6.45) is 1.61. The lowest BCUT2D eigenvalue weighted by Gasteiger charge is -2.15. The summed E-state index contributed by atoms with van der Waals surface area (Å²) in [6.45, 7) is 0. The number of alkyl halides is 1. The maximum atomic E-state index is 12.1. The first-order valence-electron chi connectivity index (χ1n) is 4.84. The highest BCUT2D eigenvalue weighted by atomic mass is 79.9. The highest BCUT2D eigenvalue weighted by molar-refractivity contribution is 9.10. The van der Waals surface area contributed by atoms with Gasteiger partial charge in [0.15, 0.2) is 0 Å². The van der Waals surface area contributed by atoms with Crippen LogP contribution in [0.2, 0.25) is 0 Å². The Bertz CT molecular complexity index is 499. The molecule has 1 aromatic carbocycles. The lowest BCUT2D eigenvalue weighted by Crippen LogP contribution is -2.38. The molecule has 88 valence electrons. The van der Waals surface area contributed by atoms with Crippen LogP contribution in [0.1, 0.15) is 12.8 Å². The average molecular weight is 325 g/mol. The van der Waals surface area contributed by atoms with Gasteiger partial charge >= 0.3 is 0 Å². The van der Waals surface area contributed by atoms with E-state index < -0.39 is 15.6 Å². The first-order valence-corrected chi connectivity index (χ1v) is 7.65. The fraction of sp³-hybridized carbons (Fsp3) is 0.400. The van der Waals surface area contributed by atoms with Gasteiger partial charge < -0.3 is 0 Å². The van der Waals surface area contributed by atoms with Crippen molar-refractivity contribution >= 4 is 37.6 Å². The number of halogens is 2. The Morgan fingerprint density at radius 2 is 2.00 bits per heavy atom. The second kappa shape index (κ2) is 4.29. The standard InChI is InChI=1S/C10H11BrClNO2S/c11-8-3-1-2-4-9(8)16(14,15)13-10(7-12)5-6-10/h1-4,13H,5-7H2. The van der Waals surface area contributed by atoms with Crippen LogP contribution in [0.3, 0.4) is 0 Å². The van der Waals surface area contributed by atoms with Gasteiger partial charge in [-0.2, -0.15) is 0 Å². The molecule has 0 radical (unpaired) electrons. The summed E-state index contributed by atoms with van der Waals surface area (Å²) in [6, 6.07) is 6.74. The van der Waals surface area contributed by atoms with Gasteiger partial charge in [-0.25, -0.2) is 13.1 Å². The van der Waals surface area contributed by atoms with Gasteiger partial charge in [0.1, 0.15) is 0 Å². The van der Waals surface area contributed by atoms with Crippen molar-refractivity contribution in [3.8, 4) is 0 Å². The quantitative estimate of drug-likeness (QED) is 0.865. The van der Waals surface area contributed by atoms with Crippen LogP contribution in [-0.4, -0.2) is 19.8 Å². The SMILES string of the molecule is O=S(=O)(NC1(CCl)CC1)c1ccccc1Br. The number of hydrogen-bond acceptors (Lipinski definition) is 2. The van der Waals surface area contributed by atoms with Crippen molar-refractivity contribution in [3.63, 3.8) is 0 Å². The molecule has 1 N–H and O–H groups in total. The zero-order valence-electron chi connectivity index (χ0n) is 8.41. The Morgan fingerprint density at radius 3 is 2.50 bits per heavy atom. The van der Waals surface area contributed by atoms with E-state index in [1.165, 1.54) is 0 Å². The van der Waals surface area contributed by atoms with Gasteiger partial charge in [0, 0.05) is 15.9 Å². The van der Waals surface area contributed by atoms with Gasteiger partial charge in [-0.05, 0) is 40.9 Å². The van der Waals surface area contributed by atoms with Crippen LogP contribution < -0.4 is 4.72 Å². The van der Waals surface area contributed by atoms with Gasteiger partial charge in [-0.1, -0.05) is 12.1 Å². The van der Waals surface area contributed by atoms with Crippen LogP contribution in [0.4, 0.5) is 0 Å². The third kappa shape index (κ3) is 2.42. The molecular formula is C10H11BrClNO2S. The van der Waals surface area contributed by atoms with Crippen molar-refractivity contribution in [2.75, 3.05) is 5.88 Å². The van der Waals surface area contributed by atoms with Crippen LogP contribution in [0.25, 0.3) is 0 Å². The van der Waals surface area contributed by atoms with Crippen molar-refractivity contribution in [1.29, 1.82) is 0 Å². The molecule has 16 heavy (non-hydrogen) atoms. The molecule has 0 atom stereocenters. The topological polar surface area (TPSA) is 46.2 Å². The number of nitrogens with one attached hydrogen (secondary N) is 1. The van der Waals surface area contributed by atoms with E-state index in [1.807, 2.05) is 0 Å². The predicted octanol–water partition coefficient (Wildman–Crippen LogP) is 2.50. The lowest BCUT2D eigenvalue weighted by molar-refractivity contribution is 0.559. The minimum atomic E-state index is -3.48. The second-order valence-electron chi connectivity index (χ2n) is 3.95. The summed E-state index contributed by atoms with van der Waals surface area (Å²) in [5.41, 5.74) is -0.421. The third-order valence-electron chi connectivity index (χ3n) is 2.59. The second-order valence-corrected chi connectivity index (χ2v) is 6.72. The van der Waals surface area contributed by atoms with Crippen molar-refractivity contribution < 1.29 is 8.42 Å². The molecule has 1 saturated carbocycles. The fourth-order valence-electron chi connectivity index (χ4n) is 1.42. The first kappa shape index (κ1) is 12.4. The summed E-state index contributed by atoms with van der Waals surface area (Å²) >= 11 is 8.98. The summed E-state index contributed by atoms with van der Waals surface area (Å²) < 4.78 is 27.4. The molecule has 2 rings (SSSR count). The van der Waals surface area contributed by atoms with Crippen LogP contribution in [-0.2, 0) is 10.0 Å². The minimum Gasteiger partial charge on any atom is -0.207 e. The van der Waals surface area contributed by atoms with E-state index in [0.717, 1.165) is 12.8 Å². The Morgan fingerprint density at radius 1 is 1.38 bits per heavy atom. The molecule has 3 nitrogen and oxygen atoms in total. The average Bonchev–Trinajstić information content (AvgIpc) is 2.98. The molecule has 1 aromatic rings. The molecule has 1 aliphatic carbocycles. The first-order chi connectivity index (χ1) is 7.49. The molecule has 0 saturated heterocycles.